The molecule has 21 heavy (non-hydrogen) atoms. The minimum Gasteiger partial charge on any atom is -0.396 e. The Kier molecular flexibility index (Phi) is 5.63. The zero-order valence-electron chi connectivity index (χ0n) is 12.2. The lowest BCUT2D eigenvalue weighted by Crippen LogP contribution is -2.30. The highest BCUT2D eigenvalue weighted by Gasteiger charge is 2.12. The summed E-state index contributed by atoms with van der Waals surface area (Å²) < 4.78 is 0. The Morgan fingerprint density at radius 1 is 1.29 bits per heavy atom. The lowest BCUT2D eigenvalue weighted by Gasteiger charge is -2.15. The molecule has 1 amide bonds. The summed E-state index contributed by atoms with van der Waals surface area (Å²) >= 11 is 0. The molecular weight excluding hydrogens is 266 g/mol. The Bertz CT molecular complexity index is 595. The fourth-order valence-corrected chi connectivity index (χ4v) is 2.33. The Morgan fingerprint density at radius 3 is 2.76 bits per heavy atom. The Hall–Kier alpha value is -2.01. The first-order valence-electron chi connectivity index (χ1n) is 7.35. The molecule has 5 heteroatoms. The molecule has 1 atom stereocenters. The van der Waals surface area contributed by atoms with Crippen LogP contribution in [0, 0.1) is 5.92 Å². The van der Waals surface area contributed by atoms with E-state index in [2.05, 4.69) is 22.2 Å². The molecule has 112 valence electrons. The van der Waals surface area contributed by atoms with Crippen LogP contribution in [0.4, 0.5) is 0 Å². The Morgan fingerprint density at radius 2 is 2.05 bits per heavy atom. The first-order chi connectivity index (χ1) is 10.2. The van der Waals surface area contributed by atoms with Crippen molar-refractivity contribution < 1.29 is 9.90 Å². The van der Waals surface area contributed by atoms with E-state index in [1.165, 1.54) is 6.20 Å². The van der Waals surface area contributed by atoms with Crippen LogP contribution in [0.1, 0.15) is 36.7 Å². The summed E-state index contributed by atoms with van der Waals surface area (Å²) in [5.74, 6) is 0.0876. The molecule has 1 heterocycles. The average Bonchev–Trinajstić information content (AvgIpc) is 2.52. The van der Waals surface area contributed by atoms with Gasteiger partial charge >= 0.3 is 0 Å². The maximum absolute atomic E-state index is 12.1. The zero-order chi connectivity index (χ0) is 15.1. The molecule has 0 aliphatic carbocycles. The van der Waals surface area contributed by atoms with E-state index in [4.69, 9.17) is 5.11 Å². The molecule has 1 aromatic heterocycles. The van der Waals surface area contributed by atoms with Crippen LogP contribution in [0.25, 0.3) is 11.0 Å². The van der Waals surface area contributed by atoms with Crippen molar-refractivity contribution in [1.29, 1.82) is 0 Å². The van der Waals surface area contributed by atoms with Crippen molar-refractivity contribution in [2.24, 2.45) is 5.92 Å². The van der Waals surface area contributed by atoms with Crippen LogP contribution in [0.15, 0.2) is 30.5 Å². The maximum Gasteiger partial charge on any atom is 0.271 e. The molecule has 0 spiro atoms. The van der Waals surface area contributed by atoms with E-state index in [0.29, 0.717) is 30.1 Å². The van der Waals surface area contributed by atoms with Crippen LogP contribution in [-0.4, -0.2) is 34.1 Å². The molecule has 2 N–H and O–H groups in total. The normalized spacial score (nSPS) is 12.3. The summed E-state index contributed by atoms with van der Waals surface area (Å²) in [7, 11) is 0. The van der Waals surface area contributed by atoms with E-state index in [9.17, 15) is 4.79 Å². The van der Waals surface area contributed by atoms with Gasteiger partial charge in [-0.15, -0.1) is 0 Å². The van der Waals surface area contributed by atoms with Gasteiger partial charge in [-0.25, -0.2) is 4.98 Å². The second-order valence-electron chi connectivity index (χ2n) is 5.12. The minimum atomic E-state index is -0.215. The Balaban J connectivity index is 2.01. The van der Waals surface area contributed by atoms with Crippen LogP contribution in [0.3, 0.4) is 0 Å². The number of para-hydroxylation sites is 2. The van der Waals surface area contributed by atoms with Crippen LogP contribution >= 0.6 is 0 Å². The number of hydrogen-bond donors (Lipinski definition) is 2. The summed E-state index contributed by atoms with van der Waals surface area (Å²) in [4.78, 5) is 20.7. The molecule has 0 fully saturated rings. The van der Waals surface area contributed by atoms with Gasteiger partial charge in [0.05, 0.1) is 17.2 Å². The number of aliphatic hydroxyl groups is 1. The smallest absolute Gasteiger partial charge is 0.271 e. The number of nitrogens with zero attached hydrogens (tertiary/aromatic N) is 2. The minimum absolute atomic E-state index is 0.149. The van der Waals surface area contributed by atoms with Crippen LogP contribution < -0.4 is 5.32 Å². The molecule has 0 aliphatic rings. The van der Waals surface area contributed by atoms with Gasteiger partial charge in [0.2, 0.25) is 0 Å². The van der Waals surface area contributed by atoms with E-state index >= 15 is 0 Å². The maximum atomic E-state index is 12.1. The highest BCUT2D eigenvalue weighted by molar-refractivity contribution is 5.93. The molecule has 0 saturated heterocycles. The predicted molar refractivity (Wildman–Crippen MR) is 82.0 cm³/mol. The number of amides is 1. The van der Waals surface area contributed by atoms with Crippen molar-refractivity contribution in [3.63, 3.8) is 0 Å². The number of rotatable bonds is 7. The van der Waals surface area contributed by atoms with Crippen molar-refractivity contribution >= 4 is 16.9 Å². The first-order valence-corrected chi connectivity index (χ1v) is 7.35. The number of fused-ring (bicyclic) bond motifs is 1. The lowest BCUT2D eigenvalue weighted by molar-refractivity contribution is 0.0938. The molecule has 2 rings (SSSR count). The van der Waals surface area contributed by atoms with Gasteiger partial charge in [-0.1, -0.05) is 25.5 Å². The second kappa shape index (κ2) is 7.69. The molecular formula is C16H21N3O2. The van der Waals surface area contributed by atoms with E-state index in [0.717, 1.165) is 18.4 Å². The summed E-state index contributed by atoms with van der Waals surface area (Å²) in [6.07, 6.45) is 4.23. The first kappa shape index (κ1) is 15.4. The van der Waals surface area contributed by atoms with Crippen molar-refractivity contribution in [1.82, 2.24) is 15.3 Å². The van der Waals surface area contributed by atoms with E-state index < -0.39 is 0 Å². The van der Waals surface area contributed by atoms with Crippen LogP contribution in [0.2, 0.25) is 0 Å². The molecule has 0 bridgehead atoms. The van der Waals surface area contributed by atoms with Crippen molar-refractivity contribution in [2.75, 3.05) is 13.2 Å². The highest BCUT2D eigenvalue weighted by Crippen LogP contribution is 2.11. The molecule has 2 aromatic rings. The van der Waals surface area contributed by atoms with Gasteiger partial charge in [-0.3, -0.25) is 9.78 Å². The molecule has 0 saturated carbocycles. The van der Waals surface area contributed by atoms with Crippen LogP contribution in [0.5, 0.6) is 0 Å². The number of hydrogen-bond acceptors (Lipinski definition) is 4. The van der Waals surface area contributed by atoms with Crippen molar-refractivity contribution in [2.45, 2.75) is 26.2 Å². The van der Waals surface area contributed by atoms with Gasteiger partial charge in [-0.2, -0.15) is 0 Å². The molecule has 1 unspecified atom stereocenters. The van der Waals surface area contributed by atoms with E-state index in [1.54, 1.807) is 0 Å². The van der Waals surface area contributed by atoms with Gasteiger partial charge < -0.3 is 10.4 Å². The standard InChI is InChI=1S/C16H21N3O2/c1-2-5-12(8-9-20)10-18-16(21)15-11-17-13-6-3-4-7-14(13)19-15/h3-4,6-7,11-12,20H,2,5,8-10H2,1H3,(H,18,21). The molecule has 0 radical (unpaired) electrons. The number of nitrogens with one attached hydrogen (secondary N) is 1. The number of benzene rings is 1. The Labute approximate surface area is 124 Å². The lowest BCUT2D eigenvalue weighted by atomic mass is 10.0. The van der Waals surface area contributed by atoms with Crippen molar-refractivity contribution in [3.8, 4) is 0 Å². The average molecular weight is 287 g/mol. The summed E-state index contributed by atoms with van der Waals surface area (Å²) in [6.45, 7) is 2.80. The van der Waals surface area contributed by atoms with Gasteiger partial charge in [-0.05, 0) is 30.9 Å². The fourth-order valence-electron chi connectivity index (χ4n) is 2.33. The third-order valence-corrected chi connectivity index (χ3v) is 3.47. The number of aromatic nitrogens is 2. The second-order valence-corrected chi connectivity index (χ2v) is 5.12. The number of aliphatic hydroxyl groups excluding tert-OH is 1. The molecule has 0 aliphatic heterocycles. The number of carbonyl (C=O) groups is 1. The van der Waals surface area contributed by atoms with Crippen molar-refractivity contribution in [3.05, 3.63) is 36.2 Å². The quantitative estimate of drug-likeness (QED) is 0.818. The SMILES string of the molecule is CCCC(CCO)CNC(=O)c1cnc2ccccc2n1. The fraction of sp³-hybridized carbons (Fsp3) is 0.438. The summed E-state index contributed by atoms with van der Waals surface area (Å²) in [6, 6.07) is 7.46. The van der Waals surface area contributed by atoms with Gasteiger partial charge in [0.1, 0.15) is 5.69 Å². The third-order valence-electron chi connectivity index (χ3n) is 3.47. The largest absolute Gasteiger partial charge is 0.396 e. The highest BCUT2D eigenvalue weighted by atomic mass is 16.3. The number of carbonyl (C=O) groups excluding carboxylic acids is 1. The topological polar surface area (TPSA) is 75.1 Å². The van der Waals surface area contributed by atoms with E-state index in [1.807, 2.05) is 24.3 Å². The summed E-state index contributed by atoms with van der Waals surface area (Å²) in [5, 5.41) is 11.9. The third kappa shape index (κ3) is 4.23. The molecule has 5 nitrogen and oxygen atoms in total. The monoisotopic (exact) mass is 287 g/mol. The molecule has 1 aromatic carbocycles. The predicted octanol–water partition coefficient (Wildman–Crippen LogP) is 2.16. The zero-order valence-corrected chi connectivity index (χ0v) is 12.2. The van der Waals surface area contributed by atoms with Gasteiger partial charge in [0, 0.05) is 13.2 Å². The van der Waals surface area contributed by atoms with Gasteiger partial charge in [0.25, 0.3) is 5.91 Å². The van der Waals surface area contributed by atoms with Crippen LogP contribution in [-0.2, 0) is 0 Å². The van der Waals surface area contributed by atoms with Gasteiger partial charge in [0.15, 0.2) is 0 Å². The summed E-state index contributed by atoms with van der Waals surface area (Å²) in [5.41, 5.74) is 1.82. The van der Waals surface area contributed by atoms with E-state index in [-0.39, 0.29) is 12.5 Å².